The predicted octanol–water partition coefficient (Wildman–Crippen LogP) is 3.94. The number of aromatic nitrogens is 5. The van der Waals surface area contributed by atoms with Crippen LogP contribution in [0, 0.1) is 5.92 Å². The largest absolute Gasteiger partial charge is 0.455 e. The molecule has 12 nitrogen and oxygen atoms in total. The molecule has 3 amide bonds. The molecule has 7 rings (SSSR count). The predicted molar refractivity (Wildman–Crippen MR) is 166 cm³/mol. The molecule has 0 saturated carbocycles. The van der Waals surface area contributed by atoms with Gasteiger partial charge in [-0.05, 0) is 61.7 Å². The molecule has 0 spiro atoms. The van der Waals surface area contributed by atoms with Gasteiger partial charge in [-0.2, -0.15) is 0 Å². The molecule has 5 aromatic rings. The van der Waals surface area contributed by atoms with Gasteiger partial charge in [-0.15, -0.1) is 5.10 Å². The van der Waals surface area contributed by atoms with E-state index in [1.165, 1.54) is 0 Å². The fourth-order valence-electron chi connectivity index (χ4n) is 5.82. The molecule has 0 aliphatic carbocycles. The Kier molecular flexibility index (Phi) is 7.67. The van der Waals surface area contributed by atoms with Gasteiger partial charge in [0.05, 0.1) is 28.6 Å². The minimum Gasteiger partial charge on any atom is -0.455 e. The molecule has 1 saturated heterocycles. The number of carbonyl (C=O) groups is 3. The minimum absolute atomic E-state index is 0.0188. The van der Waals surface area contributed by atoms with Crippen molar-refractivity contribution in [2.45, 2.75) is 41.8 Å². The topological polar surface area (TPSA) is 147 Å². The summed E-state index contributed by atoms with van der Waals surface area (Å²) in [4.78, 5) is 51.2. The van der Waals surface area contributed by atoms with Gasteiger partial charge < -0.3 is 25.3 Å². The van der Waals surface area contributed by atoms with Gasteiger partial charge in [-0.3, -0.25) is 24.0 Å². The van der Waals surface area contributed by atoms with Crippen molar-refractivity contribution >= 4 is 40.4 Å². The summed E-state index contributed by atoms with van der Waals surface area (Å²) in [5.74, 6) is 0.301. The lowest BCUT2D eigenvalue weighted by Crippen LogP contribution is -2.49. The van der Waals surface area contributed by atoms with Gasteiger partial charge in [0.1, 0.15) is 17.5 Å². The van der Waals surface area contributed by atoms with E-state index in [1.807, 2.05) is 49.4 Å². The summed E-state index contributed by atoms with van der Waals surface area (Å²) in [6.07, 6.45) is 7.28. The highest BCUT2D eigenvalue weighted by Crippen LogP contribution is 2.46. The van der Waals surface area contributed by atoms with E-state index in [2.05, 4.69) is 30.9 Å². The van der Waals surface area contributed by atoms with Gasteiger partial charge in [0.15, 0.2) is 0 Å². The average molecular weight is 623 g/mol. The average Bonchev–Trinajstić information content (AvgIpc) is 3.82. The van der Waals surface area contributed by atoms with Crippen LogP contribution in [-0.2, 0) is 16.1 Å². The normalized spacial score (nSPS) is 17.7. The van der Waals surface area contributed by atoms with E-state index in [1.54, 1.807) is 58.3 Å². The lowest BCUT2D eigenvalue weighted by Gasteiger charge is -2.25. The minimum atomic E-state index is -0.703. The van der Waals surface area contributed by atoms with Crippen molar-refractivity contribution in [3.8, 4) is 11.5 Å². The third kappa shape index (κ3) is 5.98. The number of likely N-dealkylation sites (tertiary alicyclic amines) is 1. The zero-order chi connectivity index (χ0) is 30.9. The number of nitrogens with zero attached hydrogens (tertiary/aromatic N) is 5. The van der Waals surface area contributed by atoms with E-state index in [0.29, 0.717) is 30.8 Å². The van der Waals surface area contributed by atoms with Crippen molar-refractivity contribution in [2.75, 3.05) is 13.1 Å². The second-order valence-electron chi connectivity index (χ2n) is 11.2. The summed E-state index contributed by atoms with van der Waals surface area (Å²) in [5.41, 5.74) is 2.14. The molecule has 2 aliphatic rings. The Balaban J connectivity index is 1.02. The Morgan fingerprint density at radius 1 is 1.09 bits per heavy atom. The molecular formula is C32H30N8O4S. The van der Waals surface area contributed by atoms with Crippen molar-refractivity contribution < 1.29 is 19.1 Å². The molecule has 0 radical (unpaired) electrons. The van der Waals surface area contributed by atoms with Crippen molar-refractivity contribution in [3.05, 3.63) is 90.6 Å². The lowest BCUT2D eigenvalue weighted by molar-refractivity contribution is -0.138. The van der Waals surface area contributed by atoms with Crippen LogP contribution in [0.3, 0.4) is 0 Å². The summed E-state index contributed by atoms with van der Waals surface area (Å²) >= 11 is 1.58. The second kappa shape index (κ2) is 12.1. The number of nitrogens with one attached hydrogen (secondary N) is 3. The zero-order valence-electron chi connectivity index (χ0n) is 24.3. The fourth-order valence-corrected chi connectivity index (χ4v) is 6.75. The first-order valence-corrected chi connectivity index (χ1v) is 15.5. The number of aromatic amines is 1. The number of fused-ring (bicyclic) bond motifs is 3. The Bertz CT molecular complexity index is 1860. The Hall–Kier alpha value is -5.17. The quantitative estimate of drug-likeness (QED) is 0.231. The summed E-state index contributed by atoms with van der Waals surface area (Å²) in [6.45, 7) is 2.51. The summed E-state index contributed by atoms with van der Waals surface area (Å²) in [7, 11) is 0. The molecule has 228 valence electrons. The number of hydrogen-bond acceptors (Lipinski definition) is 8. The molecule has 45 heavy (non-hydrogen) atoms. The van der Waals surface area contributed by atoms with Crippen molar-refractivity contribution in [2.24, 2.45) is 5.92 Å². The maximum Gasteiger partial charge on any atom is 0.251 e. The summed E-state index contributed by atoms with van der Waals surface area (Å²) in [5, 5.41) is 14.7. The molecule has 3 N–H and O–H groups in total. The number of H-pyrrole nitrogens is 1. The van der Waals surface area contributed by atoms with Crippen LogP contribution < -0.4 is 15.4 Å². The number of para-hydroxylation sites is 1. The van der Waals surface area contributed by atoms with E-state index in [-0.39, 0.29) is 30.3 Å². The number of benzene rings is 2. The smallest absolute Gasteiger partial charge is 0.251 e. The van der Waals surface area contributed by atoms with Crippen LogP contribution in [0.1, 0.15) is 35.4 Å². The first-order valence-electron chi connectivity index (χ1n) is 14.6. The van der Waals surface area contributed by atoms with E-state index in [9.17, 15) is 14.4 Å². The second-order valence-corrected chi connectivity index (χ2v) is 12.3. The molecule has 13 heteroatoms. The number of amides is 3. The van der Waals surface area contributed by atoms with Crippen LogP contribution in [-0.4, -0.2) is 66.7 Å². The highest BCUT2D eigenvalue weighted by Gasteiger charge is 2.40. The molecule has 2 aliphatic heterocycles. The third-order valence-electron chi connectivity index (χ3n) is 8.09. The van der Waals surface area contributed by atoms with E-state index >= 15 is 0 Å². The Labute approximate surface area is 262 Å². The fraction of sp³-hybridized carbons (Fsp3) is 0.250. The van der Waals surface area contributed by atoms with E-state index in [0.717, 1.165) is 32.1 Å². The van der Waals surface area contributed by atoms with Crippen LogP contribution in [0.25, 0.3) is 10.9 Å². The molecule has 0 bridgehead atoms. The third-order valence-corrected chi connectivity index (χ3v) is 9.20. The van der Waals surface area contributed by atoms with Gasteiger partial charge in [0.25, 0.3) is 5.91 Å². The van der Waals surface area contributed by atoms with E-state index in [4.69, 9.17) is 4.74 Å². The van der Waals surface area contributed by atoms with Gasteiger partial charge in [-0.1, -0.05) is 29.1 Å². The highest BCUT2D eigenvalue weighted by molar-refractivity contribution is 7.99. The molecular weight excluding hydrogens is 592 g/mol. The van der Waals surface area contributed by atoms with Crippen LogP contribution in [0.4, 0.5) is 0 Å². The lowest BCUT2D eigenvalue weighted by atomic mass is 10.0. The molecule has 3 atom stereocenters. The Morgan fingerprint density at radius 2 is 1.96 bits per heavy atom. The number of carbonyl (C=O) groups excluding carboxylic acids is 3. The molecule has 1 unspecified atom stereocenters. The van der Waals surface area contributed by atoms with Crippen molar-refractivity contribution in [3.63, 3.8) is 0 Å². The zero-order valence-corrected chi connectivity index (χ0v) is 25.2. The maximum absolute atomic E-state index is 13.6. The maximum atomic E-state index is 13.6. The van der Waals surface area contributed by atoms with Gasteiger partial charge in [-0.25, -0.2) is 0 Å². The van der Waals surface area contributed by atoms with Crippen LogP contribution in [0.5, 0.6) is 11.5 Å². The number of pyridine rings is 1. The van der Waals surface area contributed by atoms with Gasteiger partial charge in [0, 0.05) is 53.8 Å². The number of hydrogen-bond donors (Lipinski definition) is 3. The van der Waals surface area contributed by atoms with Gasteiger partial charge >= 0.3 is 0 Å². The SMILES string of the molecule is CC(NC(=O)[C@@H]1C[C@@H](Cn2ccnn2)CN1C(=O)CNC(=O)c1ccc2c(c1)Oc1ccccc1S2)c1cc2cnccc2[nH]1. The summed E-state index contributed by atoms with van der Waals surface area (Å²) < 4.78 is 7.71. The van der Waals surface area contributed by atoms with Crippen molar-refractivity contribution in [1.82, 2.24) is 40.5 Å². The molecule has 3 aromatic heterocycles. The molecule has 1 fully saturated rings. The first-order chi connectivity index (χ1) is 21.9. The number of ether oxygens (including phenoxy) is 1. The molecule has 2 aromatic carbocycles. The van der Waals surface area contributed by atoms with Gasteiger partial charge in [0.2, 0.25) is 11.8 Å². The van der Waals surface area contributed by atoms with Crippen LogP contribution >= 0.6 is 11.8 Å². The monoisotopic (exact) mass is 622 g/mol. The van der Waals surface area contributed by atoms with Crippen LogP contribution in [0.2, 0.25) is 0 Å². The molecule has 5 heterocycles. The standard InChI is InChI=1S/C32H30N8O4S/c1-19(24-13-22-15-33-9-8-23(22)37-24)36-32(43)25-12-20(17-39-11-10-35-38-39)18-40(25)30(41)16-34-31(42)21-6-7-29-27(14-21)44-26-4-2-3-5-28(26)45-29/h2-11,13-15,19-20,25,37H,12,16-18H2,1H3,(H,34,42)(H,36,43)/t19?,20-,25-/m0/s1. The number of rotatable bonds is 8. The van der Waals surface area contributed by atoms with Crippen LogP contribution in [0.15, 0.2) is 89.2 Å². The summed E-state index contributed by atoms with van der Waals surface area (Å²) in [6, 6.07) is 15.8. The van der Waals surface area contributed by atoms with E-state index < -0.39 is 11.9 Å². The van der Waals surface area contributed by atoms with Crippen molar-refractivity contribution in [1.29, 1.82) is 0 Å². The highest BCUT2D eigenvalue weighted by atomic mass is 32.2. The first kappa shape index (κ1) is 28.6. The Morgan fingerprint density at radius 3 is 2.80 bits per heavy atom.